The van der Waals surface area contributed by atoms with Crippen LogP contribution >= 0.6 is 0 Å². The Bertz CT molecular complexity index is 678. The Balaban J connectivity index is 2.45. The number of rotatable bonds is 3. The zero-order valence-electron chi connectivity index (χ0n) is 12.9. The molecule has 0 radical (unpaired) electrons. The fraction of sp³-hybridized carbons (Fsp3) is 0.467. The average molecular weight is 313 g/mol. The molecule has 2 heterocycles. The molecule has 1 N–H and O–H groups in total. The van der Waals surface area contributed by atoms with Crippen LogP contribution in [0.15, 0.2) is 18.3 Å². The van der Waals surface area contributed by atoms with Crippen LogP contribution in [0.4, 0.5) is 19.0 Å². The second-order valence-electron chi connectivity index (χ2n) is 6.17. The van der Waals surface area contributed by atoms with Crippen LogP contribution < -0.4 is 10.1 Å². The van der Waals surface area contributed by atoms with E-state index < -0.39 is 12.8 Å². The molecule has 2 aromatic heterocycles. The second-order valence-corrected chi connectivity index (χ2v) is 6.17. The van der Waals surface area contributed by atoms with Gasteiger partial charge in [0.2, 0.25) is 5.88 Å². The third kappa shape index (κ3) is 4.47. The fourth-order valence-electron chi connectivity index (χ4n) is 1.90. The summed E-state index contributed by atoms with van der Waals surface area (Å²) in [6.07, 6.45) is -2.72. The first-order valence-electron chi connectivity index (χ1n) is 6.79. The molecular weight excluding hydrogens is 295 g/mol. The largest absolute Gasteiger partial charge is 0.468 e. The highest BCUT2D eigenvalue weighted by Gasteiger charge is 2.29. The molecule has 0 bridgehead atoms. The zero-order valence-corrected chi connectivity index (χ0v) is 12.9. The van der Waals surface area contributed by atoms with Crippen molar-refractivity contribution in [3.8, 4) is 5.88 Å². The standard InChI is InChI=1S/C15H18F3N3O/c1-9-5-10-6-11(22-8-15(16,17)18)20-13(12(10)19-7-9)21-14(2,3)4/h5-7H,8H2,1-4H3,(H,20,21). The number of fused-ring (bicyclic) bond motifs is 1. The minimum atomic E-state index is -4.40. The van der Waals surface area contributed by atoms with Crippen LogP contribution in [0, 0.1) is 6.92 Å². The van der Waals surface area contributed by atoms with Crippen LogP contribution in [-0.4, -0.2) is 28.3 Å². The Morgan fingerprint density at radius 3 is 2.45 bits per heavy atom. The summed E-state index contributed by atoms with van der Waals surface area (Å²) in [6, 6.07) is 3.30. The van der Waals surface area contributed by atoms with Crippen LogP contribution in [0.5, 0.6) is 5.88 Å². The Morgan fingerprint density at radius 2 is 1.86 bits per heavy atom. The molecule has 0 saturated carbocycles. The van der Waals surface area contributed by atoms with Gasteiger partial charge in [0.1, 0.15) is 5.52 Å². The smallest absolute Gasteiger partial charge is 0.422 e. The molecule has 0 fully saturated rings. The van der Waals surface area contributed by atoms with E-state index in [4.69, 9.17) is 4.74 Å². The van der Waals surface area contributed by atoms with Crippen molar-refractivity contribution >= 4 is 16.7 Å². The lowest BCUT2D eigenvalue weighted by atomic mass is 10.1. The molecule has 0 aliphatic rings. The van der Waals surface area contributed by atoms with Crippen LogP contribution in [0.3, 0.4) is 0 Å². The molecule has 0 aromatic carbocycles. The Morgan fingerprint density at radius 1 is 1.18 bits per heavy atom. The summed E-state index contributed by atoms with van der Waals surface area (Å²) >= 11 is 0. The monoisotopic (exact) mass is 313 g/mol. The number of aryl methyl sites for hydroxylation is 1. The van der Waals surface area contributed by atoms with Gasteiger partial charge in [-0.15, -0.1) is 0 Å². The van der Waals surface area contributed by atoms with E-state index in [-0.39, 0.29) is 11.4 Å². The van der Waals surface area contributed by atoms with Crippen molar-refractivity contribution in [2.75, 3.05) is 11.9 Å². The van der Waals surface area contributed by atoms with Gasteiger partial charge in [0.05, 0.1) is 0 Å². The van der Waals surface area contributed by atoms with E-state index in [1.54, 1.807) is 6.20 Å². The molecule has 0 saturated heterocycles. The van der Waals surface area contributed by atoms with Crippen LogP contribution in [0.25, 0.3) is 10.9 Å². The first-order valence-corrected chi connectivity index (χ1v) is 6.79. The summed E-state index contributed by atoms with van der Waals surface area (Å²) in [7, 11) is 0. The highest BCUT2D eigenvalue weighted by Crippen LogP contribution is 2.28. The van der Waals surface area contributed by atoms with Gasteiger partial charge in [-0.1, -0.05) is 0 Å². The molecule has 0 atom stereocenters. The summed E-state index contributed by atoms with van der Waals surface area (Å²) in [4.78, 5) is 8.44. The minimum absolute atomic E-state index is 0.0797. The molecule has 0 aliphatic carbocycles. The van der Waals surface area contributed by atoms with Gasteiger partial charge >= 0.3 is 6.18 Å². The van der Waals surface area contributed by atoms with E-state index in [1.165, 1.54) is 6.07 Å². The van der Waals surface area contributed by atoms with Crippen molar-refractivity contribution in [3.63, 3.8) is 0 Å². The topological polar surface area (TPSA) is 47.0 Å². The van der Waals surface area contributed by atoms with Crippen molar-refractivity contribution in [2.45, 2.75) is 39.4 Å². The molecule has 0 amide bonds. The first-order chi connectivity index (χ1) is 10.0. The quantitative estimate of drug-likeness (QED) is 0.927. The number of hydrogen-bond acceptors (Lipinski definition) is 4. The zero-order chi connectivity index (χ0) is 16.5. The van der Waals surface area contributed by atoms with Crippen LogP contribution in [0.2, 0.25) is 0 Å². The van der Waals surface area contributed by atoms with Gasteiger partial charge in [-0.2, -0.15) is 18.2 Å². The van der Waals surface area contributed by atoms with Gasteiger partial charge in [0.25, 0.3) is 0 Å². The number of halogens is 3. The maximum Gasteiger partial charge on any atom is 0.422 e. The van der Waals surface area contributed by atoms with Gasteiger partial charge < -0.3 is 10.1 Å². The van der Waals surface area contributed by atoms with Gasteiger partial charge in [-0.05, 0) is 39.3 Å². The average Bonchev–Trinajstić information content (AvgIpc) is 2.33. The molecule has 2 rings (SSSR count). The molecule has 0 aliphatic heterocycles. The molecule has 4 nitrogen and oxygen atoms in total. The SMILES string of the molecule is Cc1cnc2c(NC(C)(C)C)nc(OCC(F)(F)F)cc2c1. The van der Waals surface area contributed by atoms with E-state index in [0.29, 0.717) is 16.7 Å². The molecule has 7 heteroatoms. The number of pyridine rings is 2. The van der Waals surface area contributed by atoms with E-state index in [2.05, 4.69) is 15.3 Å². The van der Waals surface area contributed by atoms with E-state index in [0.717, 1.165) is 5.56 Å². The second kappa shape index (κ2) is 5.62. The Kier molecular flexibility index (Phi) is 4.17. The van der Waals surface area contributed by atoms with E-state index in [9.17, 15) is 13.2 Å². The number of alkyl halides is 3. The summed E-state index contributed by atoms with van der Waals surface area (Å²) in [5.41, 5.74) is 1.19. The Hall–Kier alpha value is -2.05. The fourth-order valence-corrected chi connectivity index (χ4v) is 1.90. The first kappa shape index (κ1) is 16.3. The van der Waals surface area contributed by atoms with Gasteiger partial charge in [-0.3, -0.25) is 4.98 Å². The van der Waals surface area contributed by atoms with Crippen molar-refractivity contribution in [2.24, 2.45) is 0 Å². The normalized spacial score (nSPS) is 12.5. The molecule has 120 valence electrons. The lowest BCUT2D eigenvalue weighted by Crippen LogP contribution is -2.27. The molecular formula is C15H18F3N3O. The third-order valence-corrected chi connectivity index (χ3v) is 2.66. The lowest BCUT2D eigenvalue weighted by Gasteiger charge is -2.22. The number of ether oxygens (including phenoxy) is 1. The number of aromatic nitrogens is 2. The van der Waals surface area contributed by atoms with Crippen LogP contribution in [-0.2, 0) is 0 Å². The maximum atomic E-state index is 12.3. The third-order valence-electron chi connectivity index (χ3n) is 2.66. The van der Waals surface area contributed by atoms with Crippen molar-refractivity contribution in [1.82, 2.24) is 9.97 Å². The maximum absolute atomic E-state index is 12.3. The van der Waals surface area contributed by atoms with Crippen molar-refractivity contribution < 1.29 is 17.9 Å². The minimum Gasteiger partial charge on any atom is -0.468 e. The predicted molar refractivity (Wildman–Crippen MR) is 79.2 cm³/mol. The highest BCUT2D eigenvalue weighted by molar-refractivity contribution is 5.89. The molecule has 0 unspecified atom stereocenters. The van der Waals surface area contributed by atoms with Gasteiger partial charge in [0.15, 0.2) is 12.4 Å². The van der Waals surface area contributed by atoms with Crippen LogP contribution in [0.1, 0.15) is 26.3 Å². The van der Waals surface area contributed by atoms with Crippen molar-refractivity contribution in [1.29, 1.82) is 0 Å². The number of hydrogen-bond donors (Lipinski definition) is 1. The summed E-state index contributed by atoms with van der Waals surface area (Å²) in [5, 5.41) is 3.83. The van der Waals surface area contributed by atoms with Gasteiger partial charge in [0, 0.05) is 23.2 Å². The predicted octanol–water partition coefficient (Wildman–Crippen LogP) is 4.09. The van der Waals surface area contributed by atoms with Gasteiger partial charge in [-0.25, -0.2) is 0 Å². The summed E-state index contributed by atoms with van der Waals surface area (Å²) in [6.45, 7) is 6.27. The Labute approximate surface area is 126 Å². The van der Waals surface area contributed by atoms with E-state index >= 15 is 0 Å². The summed E-state index contributed by atoms with van der Waals surface area (Å²) < 4.78 is 41.7. The number of nitrogens with zero attached hydrogens (tertiary/aromatic N) is 2. The number of nitrogens with one attached hydrogen (secondary N) is 1. The molecule has 2 aromatic rings. The highest BCUT2D eigenvalue weighted by atomic mass is 19.4. The molecule has 0 spiro atoms. The van der Waals surface area contributed by atoms with E-state index in [1.807, 2.05) is 33.8 Å². The summed E-state index contributed by atoms with van der Waals surface area (Å²) in [5.74, 6) is 0.325. The van der Waals surface area contributed by atoms with Crippen molar-refractivity contribution in [3.05, 3.63) is 23.9 Å². The lowest BCUT2D eigenvalue weighted by molar-refractivity contribution is -0.154. The molecule has 22 heavy (non-hydrogen) atoms. The number of anilines is 1.